The van der Waals surface area contributed by atoms with Crippen LogP contribution in [-0.4, -0.2) is 23.0 Å². The van der Waals surface area contributed by atoms with Crippen LogP contribution in [0.3, 0.4) is 0 Å². The highest BCUT2D eigenvalue weighted by atomic mass is 79.9. The van der Waals surface area contributed by atoms with Crippen LogP contribution in [-0.2, 0) is 11.4 Å². The van der Waals surface area contributed by atoms with Crippen molar-refractivity contribution in [2.45, 2.75) is 6.61 Å². The number of primary amides is 1. The van der Waals surface area contributed by atoms with Gasteiger partial charge in [-0.2, -0.15) is 5.26 Å². The van der Waals surface area contributed by atoms with E-state index in [1.807, 2.05) is 5.32 Å². The van der Waals surface area contributed by atoms with E-state index in [1.54, 1.807) is 30.3 Å². The summed E-state index contributed by atoms with van der Waals surface area (Å²) in [7, 11) is 0. The van der Waals surface area contributed by atoms with E-state index in [4.69, 9.17) is 20.8 Å². The third-order valence-corrected chi connectivity index (χ3v) is 4.70. The third kappa shape index (κ3) is 6.17. The van der Waals surface area contributed by atoms with Gasteiger partial charge in [-0.05, 0) is 73.3 Å². The van der Waals surface area contributed by atoms with E-state index in [2.05, 4.69) is 31.9 Å². The summed E-state index contributed by atoms with van der Waals surface area (Å²) in [5.74, 6) is -1.44. The predicted octanol–water partition coefficient (Wildman–Crippen LogP) is 3.59. The Kier molecular flexibility index (Phi) is 7.52. The first-order chi connectivity index (χ1) is 13.7. The quantitative estimate of drug-likeness (QED) is 0.390. The lowest BCUT2D eigenvalue weighted by atomic mass is 10.1. The topological polar surface area (TPSA) is 143 Å². The number of carbonyl (C=O) groups is 3. The number of imide groups is 1. The maximum Gasteiger partial charge on any atom is 0.335 e. The number of carboxylic acids is 1. The lowest BCUT2D eigenvalue weighted by Crippen LogP contribution is -2.35. The van der Waals surface area contributed by atoms with Gasteiger partial charge in [-0.3, -0.25) is 10.1 Å². The number of ether oxygens (including phenoxy) is 1. The number of nitrogens with two attached hydrogens (primary N) is 1. The monoisotopic (exact) mass is 521 g/mol. The molecule has 10 heteroatoms. The minimum atomic E-state index is -1.06. The summed E-state index contributed by atoms with van der Waals surface area (Å²) in [4.78, 5) is 33.4. The van der Waals surface area contributed by atoms with Crippen molar-refractivity contribution < 1.29 is 24.2 Å². The number of carbonyl (C=O) groups excluding carboxylic acids is 2. The zero-order valence-corrected chi connectivity index (χ0v) is 17.8. The predicted molar refractivity (Wildman–Crippen MR) is 111 cm³/mol. The average molecular weight is 523 g/mol. The van der Waals surface area contributed by atoms with Crippen LogP contribution in [0.2, 0.25) is 0 Å². The fourth-order valence-electron chi connectivity index (χ4n) is 2.19. The van der Waals surface area contributed by atoms with Gasteiger partial charge < -0.3 is 15.6 Å². The van der Waals surface area contributed by atoms with E-state index >= 15 is 0 Å². The number of hydrogen-bond donors (Lipinski definition) is 3. The van der Waals surface area contributed by atoms with Gasteiger partial charge in [0.05, 0.1) is 14.5 Å². The third-order valence-electron chi connectivity index (χ3n) is 3.52. The van der Waals surface area contributed by atoms with Crippen LogP contribution >= 0.6 is 31.9 Å². The fraction of sp³-hybridized carbons (Fsp3) is 0.0526. The van der Waals surface area contributed by atoms with Gasteiger partial charge in [-0.1, -0.05) is 12.1 Å². The Labute approximate surface area is 182 Å². The molecule has 2 aromatic carbocycles. The molecule has 0 aromatic heterocycles. The molecule has 0 radical (unpaired) electrons. The van der Waals surface area contributed by atoms with Crippen LogP contribution in [0.25, 0.3) is 6.08 Å². The van der Waals surface area contributed by atoms with Gasteiger partial charge in [-0.15, -0.1) is 0 Å². The molecule has 148 valence electrons. The number of rotatable bonds is 6. The highest BCUT2D eigenvalue weighted by Crippen LogP contribution is 2.36. The summed E-state index contributed by atoms with van der Waals surface area (Å²) in [5, 5.41) is 19.9. The van der Waals surface area contributed by atoms with Gasteiger partial charge in [-0.25, -0.2) is 9.59 Å². The number of urea groups is 1. The van der Waals surface area contributed by atoms with Crippen molar-refractivity contribution >= 4 is 55.8 Å². The first-order valence-corrected chi connectivity index (χ1v) is 9.46. The van der Waals surface area contributed by atoms with Crippen LogP contribution in [0.1, 0.15) is 21.5 Å². The molecule has 2 aromatic rings. The van der Waals surface area contributed by atoms with E-state index in [9.17, 15) is 14.4 Å². The Morgan fingerprint density at radius 2 is 1.76 bits per heavy atom. The van der Waals surface area contributed by atoms with Gasteiger partial charge in [0.2, 0.25) is 0 Å². The van der Waals surface area contributed by atoms with Crippen molar-refractivity contribution in [1.29, 1.82) is 5.26 Å². The molecular formula is C19H13Br2N3O5. The van der Waals surface area contributed by atoms with E-state index in [0.29, 0.717) is 20.3 Å². The van der Waals surface area contributed by atoms with Crippen molar-refractivity contribution in [2.24, 2.45) is 5.73 Å². The number of nitrogens with zero attached hydrogens (tertiary/aromatic N) is 1. The summed E-state index contributed by atoms with van der Waals surface area (Å²) < 4.78 is 6.87. The molecule has 0 saturated carbocycles. The second kappa shape index (κ2) is 9.86. The molecule has 0 bridgehead atoms. The van der Waals surface area contributed by atoms with Gasteiger partial charge in [0.15, 0.2) is 0 Å². The van der Waals surface area contributed by atoms with Gasteiger partial charge in [0.25, 0.3) is 5.91 Å². The largest absolute Gasteiger partial charge is 0.487 e. The SMILES string of the molecule is N#C/C(=C/c1cc(Br)c(OCc2ccc(C(=O)O)cc2)c(Br)c1)C(=O)NC(N)=O. The molecule has 2 rings (SSSR count). The molecule has 4 N–H and O–H groups in total. The van der Waals surface area contributed by atoms with Crippen molar-refractivity contribution in [3.63, 3.8) is 0 Å². The van der Waals surface area contributed by atoms with Crippen LogP contribution in [0, 0.1) is 11.3 Å². The van der Waals surface area contributed by atoms with Crippen LogP contribution in [0.4, 0.5) is 4.79 Å². The number of nitrogens with one attached hydrogen (secondary N) is 1. The normalized spacial score (nSPS) is 10.7. The maximum absolute atomic E-state index is 11.8. The summed E-state index contributed by atoms with van der Waals surface area (Å²) in [5.41, 5.74) is 6.04. The zero-order chi connectivity index (χ0) is 21.6. The number of amides is 3. The Hall–Kier alpha value is -3.16. The summed E-state index contributed by atoms with van der Waals surface area (Å²) >= 11 is 6.74. The van der Waals surface area contributed by atoms with E-state index in [1.165, 1.54) is 18.2 Å². The number of benzene rings is 2. The molecule has 0 heterocycles. The molecular weight excluding hydrogens is 510 g/mol. The zero-order valence-electron chi connectivity index (χ0n) is 14.6. The van der Waals surface area contributed by atoms with Gasteiger partial charge in [0, 0.05) is 0 Å². The Bertz CT molecular complexity index is 1020. The fourth-order valence-corrected chi connectivity index (χ4v) is 3.65. The highest BCUT2D eigenvalue weighted by Gasteiger charge is 2.13. The molecule has 0 atom stereocenters. The second-order valence-corrected chi connectivity index (χ2v) is 7.30. The molecule has 8 nitrogen and oxygen atoms in total. The maximum atomic E-state index is 11.8. The van der Waals surface area contributed by atoms with E-state index in [0.717, 1.165) is 5.56 Å². The molecule has 0 saturated heterocycles. The van der Waals surface area contributed by atoms with E-state index in [-0.39, 0.29) is 17.7 Å². The minimum absolute atomic E-state index is 0.181. The number of aromatic carboxylic acids is 1. The Morgan fingerprint density at radius 3 is 2.24 bits per heavy atom. The van der Waals surface area contributed by atoms with Crippen LogP contribution in [0.5, 0.6) is 5.75 Å². The van der Waals surface area contributed by atoms with Crippen molar-refractivity contribution in [2.75, 3.05) is 0 Å². The second-order valence-electron chi connectivity index (χ2n) is 5.59. The van der Waals surface area contributed by atoms with E-state index < -0.39 is 17.9 Å². The number of carboxylic acid groups (broad SMARTS) is 1. The first-order valence-electron chi connectivity index (χ1n) is 7.88. The molecule has 0 aliphatic heterocycles. The van der Waals surface area contributed by atoms with Crippen molar-refractivity contribution in [3.8, 4) is 11.8 Å². The summed E-state index contributed by atoms with van der Waals surface area (Å²) in [6.07, 6.45) is 1.29. The average Bonchev–Trinajstić information content (AvgIpc) is 2.65. The summed E-state index contributed by atoms with van der Waals surface area (Å²) in [6, 6.07) is 10.2. The number of nitriles is 1. The minimum Gasteiger partial charge on any atom is -0.487 e. The molecule has 0 unspecified atom stereocenters. The lowest BCUT2D eigenvalue weighted by Gasteiger charge is -2.12. The smallest absolute Gasteiger partial charge is 0.335 e. The highest BCUT2D eigenvalue weighted by molar-refractivity contribution is 9.11. The molecule has 3 amide bonds. The molecule has 29 heavy (non-hydrogen) atoms. The summed E-state index contributed by atoms with van der Waals surface area (Å²) in [6.45, 7) is 0.191. The van der Waals surface area contributed by atoms with Crippen LogP contribution < -0.4 is 15.8 Å². The first kappa shape index (κ1) is 22.1. The molecule has 0 spiro atoms. The number of hydrogen-bond acceptors (Lipinski definition) is 5. The molecule has 0 aliphatic rings. The molecule has 0 aliphatic carbocycles. The lowest BCUT2D eigenvalue weighted by molar-refractivity contribution is -0.115. The molecule has 0 fully saturated rings. The standard InChI is InChI=1S/C19H13Br2N3O5/c20-14-6-11(5-13(8-22)17(25)24-19(23)28)7-15(21)16(14)29-9-10-1-3-12(4-2-10)18(26)27/h1-7H,9H2,(H,26,27)(H3,23,24,25,28)/b13-5-. The Morgan fingerprint density at radius 1 is 1.17 bits per heavy atom. The van der Waals surface area contributed by atoms with Crippen molar-refractivity contribution in [3.05, 3.63) is 67.6 Å². The van der Waals surface area contributed by atoms with Gasteiger partial charge >= 0.3 is 12.0 Å². The van der Waals surface area contributed by atoms with Gasteiger partial charge in [0.1, 0.15) is 24.0 Å². The Balaban J connectivity index is 2.19. The number of halogens is 2. The van der Waals surface area contributed by atoms with Crippen LogP contribution in [0.15, 0.2) is 50.9 Å². The van der Waals surface area contributed by atoms with Crippen molar-refractivity contribution in [1.82, 2.24) is 5.32 Å².